The number of aliphatic carboxylic acids is 3. The minimum absolute atomic E-state index is 0.00457. The molecule has 18 amide bonds. The van der Waals surface area contributed by atoms with E-state index in [1.807, 2.05) is 5.32 Å². The molecule has 0 aromatic heterocycles. The molecule has 50 heteroatoms. The second-order valence-corrected chi connectivity index (χ2v) is 30.3. The maximum atomic E-state index is 14.6. The molecule has 1 rings (SSSR count). The first-order chi connectivity index (χ1) is 58.5. The number of carbonyl (C=O) groups is 21. The number of carboxylic acid groups (broad SMARTS) is 3. The number of halogens is 1. The van der Waals surface area contributed by atoms with E-state index in [4.69, 9.17) is 57.5 Å². The summed E-state index contributed by atoms with van der Waals surface area (Å²) in [6, 6.07) is -15.6. The Hall–Kier alpha value is -13.1. The van der Waals surface area contributed by atoms with E-state index in [0.717, 1.165) is 0 Å². The van der Waals surface area contributed by atoms with E-state index in [-0.39, 0.29) is 94.2 Å². The number of nitrogens with two attached hydrogens (primary N) is 8. The van der Waals surface area contributed by atoms with Crippen molar-refractivity contribution in [1.29, 1.82) is 0 Å². The molecule has 0 fully saturated rings. The van der Waals surface area contributed by atoms with Crippen LogP contribution in [0.25, 0.3) is 0 Å². The zero-order valence-corrected chi connectivity index (χ0v) is 71.8. The van der Waals surface area contributed by atoms with Gasteiger partial charge in [0.05, 0.1) is 38.9 Å². The maximum absolute atomic E-state index is 14.6. The molecule has 0 aliphatic heterocycles. The van der Waals surface area contributed by atoms with Gasteiger partial charge < -0.3 is 141 Å². The summed E-state index contributed by atoms with van der Waals surface area (Å²) in [7, 11) is 0. The Morgan fingerprint density at radius 3 is 1.16 bits per heavy atom. The topological polar surface area (TPSA) is 832 Å². The van der Waals surface area contributed by atoms with Crippen LogP contribution in [0.4, 0.5) is 0 Å². The molecule has 0 heterocycles. The Balaban J connectivity index is 3.57. The summed E-state index contributed by atoms with van der Waals surface area (Å²) >= 11 is 6.32. The number of guanidine groups is 2. The van der Waals surface area contributed by atoms with Crippen molar-refractivity contribution in [2.75, 3.05) is 32.7 Å². The second kappa shape index (κ2) is 56.5. The molecule has 0 saturated carbocycles. The number of aliphatic imine (C=N–C) groups is 2. The number of benzene rings is 1. The van der Waals surface area contributed by atoms with Gasteiger partial charge in [-0.05, 0) is 86.8 Å². The van der Waals surface area contributed by atoms with Crippen LogP contribution < -0.4 is 126 Å². The third kappa shape index (κ3) is 43.0. The largest absolute Gasteiger partial charge is 0.481 e. The van der Waals surface area contributed by atoms with Crippen LogP contribution in [0.3, 0.4) is 0 Å². The highest BCUT2D eigenvalue weighted by Gasteiger charge is 2.40. The molecule has 0 unspecified atom stereocenters. The van der Waals surface area contributed by atoms with Crippen LogP contribution in [0, 0.1) is 23.7 Å². The molecule has 0 aliphatic carbocycles. The minimum Gasteiger partial charge on any atom is -0.481 e. The molecule has 1 aromatic carbocycles. The zero-order chi connectivity index (χ0) is 95.2. The van der Waals surface area contributed by atoms with Gasteiger partial charge in [0, 0.05) is 37.4 Å². The average molecular weight is 1790 g/mol. The highest BCUT2D eigenvalue weighted by atomic mass is 35.5. The van der Waals surface area contributed by atoms with Gasteiger partial charge in [0.1, 0.15) is 78.5 Å². The molecular formula is C75H122ClN25O24. The summed E-state index contributed by atoms with van der Waals surface area (Å²) < 4.78 is 0. The molecule has 1 aromatic rings. The molecule has 0 saturated heterocycles. The molecule has 125 heavy (non-hydrogen) atoms. The third-order valence-corrected chi connectivity index (χ3v) is 19.5. The van der Waals surface area contributed by atoms with E-state index in [9.17, 15) is 116 Å². The summed E-state index contributed by atoms with van der Waals surface area (Å²) in [6.07, 6.45) is -5.29. The monoisotopic (exact) mass is 1790 g/mol. The minimum atomic E-state index is -2.14. The molecule has 49 nitrogen and oxygen atoms in total. The predicted octanol–water partition coefficient (Wildman–Crippen LogP) is -9.26. The lowest BCUT2D eigenvalue weighted by Gasteiger charge is -2.30. The van der Waals surface area contributed by atoms with Crippen LogP contribution in [0.2, 0.25) is 5.02 Å². The van der Waals surface area contributed by atoms with Crippen LogP contribution >= 0.6 is 11.6 Å². The number of rotatable bonds is 60. The zero-order valence-electron chi connectivity index (χ0n) is 71.1. The van der Waals surface area contributed by atoms with Crippen LogP contribution in [-0.2, 0) is 107 Å². The van der Waals surface area contributed by atoms with Gasteiger partial charge in [-0.1, -0.05) is 98.4 Å². The Kier molecular flexibility index (Phi) is 49.7. The van der Waals surface area contributed by atoms with Gasteiger partial charge in [-0.2, -0.15) is 0 Å². The molecule has 0 spiro atoms. The molecule has 698 valence electrons. The van der Waals surface area contributed by atoms with Crippen molar-refractivity contribution >= 4 is 148 Å². The fourth-order valence-corrected chi connectivity index (χ4v) is 11.8. The SMILES string of the molecule is CC[C@H](C)[C@H](NC(=O)[C@H](C)NC(=O)[C@H](Cc1cccc(Cl)c1)NC(=O)[C@H](CCC(N)=O)NC(=O)[C@H](CCCN=C(N)N)NC(=O)CNC(=O)[C@@H](NC(=O)[C@H](CCC(N)=O)NC(=O)CN)C(C)C)C(=O)N[C@H](C(=O)NCC(=O)N[C@@H](CC(=O)O)C(=O)N[C@@H](CC(=O)O)C(=O)N[C@H](C(=O)N[C@@H](CC(N)=O)C(=O)N[C@@H](CCCN=C(N)N)C(=O)O)[C@@H](C)CC)[C@@H](C)CC. The third-order valence-electron chi connectivity index (χ3n) is 19.3. The quantitative estimate of drug-likeness (QED) is 0.0164. The highest BCUT2D eigenvalue weighted by Crippen LogP contribution is 2.18. The van der Waals surface area contributed by atoms with Crippen LogP contribution in [0.1, 0.15) is 158 Å². The van der Waals surface area contributed by atoms with E-state index in [1.54, 1.807) is 41.5 Å². The smallest absolute Gasteiger partial charge is 0.326 e. The van der Waals surface area contributed by atoms with E-state index in [0.29, 0.717) is 5.56 Å². The number of carbonyl (C=O) groups excluding carboxylic acids is 18. The molecule has 0 radical (unpaired) electrons. The number of carboxylic acids is 3. The first-order valence-electron chi connectivity index (χ1n) is 40.0. The van der Waals surface area contributed by atoms with E-state index in [2.05, 4.69) is 84.4 Å². The summed E-state index contributed by atoms with van der Waals surface area (Å²) in [4.78, 5) is 288. The van der Waals surface area contributed by atoms with E-state index in [1.165, 1.54) is 45.0 Å². The van der Waals surface area contributed by atoms with Gasteiger partial charge in [-0.3, -0.25) is 106 Å². The van der Waals surface area contributed by atoms with Gasteiger partial charge in [0.25, 0.3) is 0 Å². The van der Waals surface area contributed by atoms with Crippen molar-refractivity contribution in [3.8, 4) is 0 Å². The maximum Gasteiger partial charge on any atom is 0.326 e. The standard InChI is InChI=1S/C75H122ClN25O24/c1-10-35(6)58(70(121)88-33-54(107)92-47(29-55(108)109)67(118)96-48(30-56(110)111)68(119)100-59(36(7)11-2)71(122)97-46(28-51(80)104)66(117)94-44(73(124)125)19-15-25-86-75(83)84)101-72(123)60(37(8)12-3)99-61(112)38(9)89-65(116)45(27-39-16-13-17-40(76)26-39)95-63(114)43(21-23-50(79)103)93-62(113)41(18-14-24-85-74(81)82)91-53(106)32-87-69(120)57(34(4)5)98-64(115)42(20-22-49(78)102)90-52(105)31-77/h13,16-17,26,34-38,41-48,57-60H,10-12,14-15,18-25,27-33,77H2,1-9H3,(H2,78,102)(H2,79,103)(H2,80,104)(H,87,120)(H,88,121)(H,89,116)(H,90,105)(H,91,106)(H,92,107)(H,93,113)(H,94,117)(H,95,114)(H,96,118)(H,97,122)(H,98,115)(H,99,112)(H,100,119)(H,101,123)(H,108,109)(H,110,111)(H,124,125)(H4,81,82,85)(H4,83,84,86)/t35-,36-,37-,38-,41-,42-,43-,44-,45-,46-,47-,48-,57-,58-,59-,60-/m0/s1. The predicted molar refractivity (Wildman–Crippen MR) is 447 cm³/mol. The van der Waals surface area contributed by atoms with Crippen molar-refractivity contribution in [3.63, 3.8) is 0 Å². The summed E-state index contributed by atoms with van der Waals surface area (Å²) in [6.45, 7) is 11.2. The Morgan fingerprint density at radius 2 is 0.720 bits per heavy atom. The van der Waals surface area contributed by atoms with Crippen molar-refractivity contribution in [2.45, 2.75) is 237 Å². The number of hydrogen-bond acceptors (Lipinski definition) is 24. The Bertz CT molecular complexity index is 4030. The van der Waals surface area contributed by atoms with Gasteiger partial charge in [-0.15, -0.1) is 0 Å². The number of primary amides is 3. The molecule has 34 N–H and O–H groups in total. The van der Waals surface area contributed by atoms with Crippen molar-refractivity contribution in [2.24, 2.45) is 79.5 Å². The molecule has 0 bridgehead atoms. The molecule has 0 aliphatic rings. The normalized spacial score (nSPS) is 14.8. The van der Waals surface area contributed by atoms with E-state index >= 15 is 0 Å². The number of nitrogens with zero attached hydrogens (tertiary/aromatic N) is 2. The number of amides is 18. The Morgan fingerprint density at radius 1 is 0.376 bits per heavy atom. The molecule has 16 atom stereocenters. The van der Waals surface area contributed by atoms with Crippen LogP contribution in [-0.4, -0.2) is 263 Å². The summed E-state index contributed by atoms with van der Waals surface area (Å²) in [5.41, 5.74) is 43.4. The van der Waals surface area contributed by atoms with E-state index < -0.39 is 278 Å². The molecular weight excluding hydrogens is 1670 g/mol. The fraction of sp³-hybridized carbons (Fsp3) is 0.613. The van der Waals surface area contributed by atoms with Gasteiger partial charge in [0.15, 0.2) is 11.9 Å². The lowest BCUT2D eigenvalue weighted by atomic mass is 9.94. The van der Waals surface area contributed by atoms with Gasteiger partial charge >= 0.3 is 17.9 Å². The van der Waals surface area contributed by atoms with Gasteiger partial charge in [0.2, 0.25) is 106 Å². The lowest BCUT2D eigenvalue weighted by Crippen LogP contribution is -2.61. The van der Waals surface area contributed by atoms with Crippen LogP contribution in [0.15, 0.2) is 34.3 Å². The van der Waals surface area contributed by atoms with Crippen molar-refractivity contribution < 1.29 is 116 Å². The van der Waals surface area contributed by atoms with Crippen molar-refractivity contribution in [1.82, 2.24) is 79.8 Å². The Labute approximate surface area is 724 Å². The van der Waals surface area contributed by atoms with Gasteiger partial charge in [-0.25, -0.2) is 4.79 Å². The van der Waals surface area contributed by atoms with Crippen molar-refractivity contribution in [3.05, 3.63) is 34.9 Å². The summed E-state index contributed by atoms with van der Waals surface area (Å²) in [5, 5.41) is 65.0. The lowest BCUT2D eigenvalue weighted by molar-refractivity contribution is -0.143. The average Bonchev–Trinajstić information content (AvgIpc) is 0.851. The summed E-state index contributed by atoms with van der Waals surface area (Å²) in [5.74, 6) is -27.7. The first kappa shape index (κ1) is 110. The highest BCUT2D eigenvalue weighted by molar-refractivity contribution is 6.30. The number of hydrogen-bond donors (Lipinski definition) is 26. The second-order valence-electron chi connectivity index (χ2n) is 29.8. The first-order valence-corrected chi connectivity index (χ1v) is 40.4. The van der Waals surface area contributed by atoms with Crippen LogP contribution in [0.5, 0.6) is 0 Å². The fourth-order valence-electron chi connectivity index (χ4n) is 11.6. The number of nitrogens with one attached hydrogen (secondary N) is 15.